The number of hydrogen-bond donors (Lipinski definition) is 0. The van der Waals surface area contributed by atoms with Crippen molar-refractivity contribution in [3.8, 4) is 5.69 Å². The van der Waals surface area contributed by atoms with E-state index in [1.807, 2.05) is 0 Å². The predicted octanol–water partition coefficient (Wildman–Crippen LogP) is 2.62. The second-order valence-corrected chi connectivity index (χ2v) is 5.96. The molecule has 4 aromatic rings. The molecule has 3 heterocycles. The molecule has 4 rings (SSSR count). The summed E-state index contributed by atoms with van der Waals surface area (Å²) in [5, 5.41) is 3.49. The lowest BCUT2D eigenvalue weighted by molar-refractivity contribution is -0.144. The molecule has 0 unspecified atom stereocenters. The summed E-state index contributed by atoms with van der Waals surface area (Å²) in [7, 11) is 0. The van der Waals surface area contributed by atoms with Crippen molar-refractivity contribution in [2.45, 2.75) is 13.1 Å². The lowest BCUT2D eigenvalue weighted by Gasteiger charge is -2.08. The Balaban J connectivity index is 1.81. The third kappa shape index (κ3) is 3.20. The molecular formula is C18H12F3N5O3. The molecule has 0 radical (unpaired) electrons. The lowest BCUT2D eigenvalue weighted by Crippen LogP contribution is -2.19. The second kappa shape index (κ2) is 6.69. The fraction of sp³-hybridized carbons (Fsp3) is 0.167. The highest BCUT2D eigenvalue weighted by atomic mass is 19.4. The molecule has 0 aliphatic carbocycles. The zero-order chi connectivity index (χ0) is 20.8. The Labute approximate surface area is 160 Å². The molecule has 11 heteroatoms. The summed E-state index contributed by atoms with van der Waals surface area (Å²) in [5.41, 5.74) is 0.418. The quantitative estimate of drug-likeness (QED) is 0.489. The van der Waals surface area contributed by atoms with E-state index < -0.39 is 23.5 Å². The van der Waals surface area contributed by atoms with Gasteiger partial charge in [-0.15, -0.1) is 5.10 Å². The molecule has 0 amide bonds. The number of rotatable bonds is 3. The maximum absolute atomic E-state index is 12.9. The number of fused-ring (bicyclic) bond motifs is 3. The monoisotopic (exact) mass is 403 g/mol. The van der Waals surface area contributed by atoms with Gasteiger partial charge in [-0.3, -0.25) is 9.36 Å². The average Bonchev–Trinajstić information content (AvgIpc) is 3.14. The largest absolute Gasteiger partial charge is 0.462 e. The van der Waals surface area contributed by atoms with E-state index in [1.54, 1.807) is 19.1 Å². The summed E-state index contributed by atoms with van der Waals surface area (Å²) in [6.07, 6.45) is -2.17. The second-order valence-electron chi connectivity index (χ2n) is 5.96. The van der Waals surface area contributed by atoms with Crippen LogP contribution < -0.4 is 5.56 Å². The van der Waals surface area contributed by atoms with E-state index in [4.69, 9.17) is 4.74 Å². The number of benzene rings is 1. The minimum absolute atomic E-state index is 0.0630. The first-order chi connectivity index (χ1) is 13.8. The first-order valence-corrected chi connectivity index (χ1v) is 8.41. The van der Waals surface area contributed by atoms with Gasteiger partial charge in [0, 0.05) is 18.1 Å². The van der Waals surface area contributed by atoms with E-state index in [-0.39, 0.29) is 23.3 Å². The standard InChI is InChI=1S/C18H12F3N5O3/c1-2-29-15(28)10-3-5-11(6-4-10)25-8-7-13-12(14(25)27)9-22-17-23-16(18(19,20)21)24-26(13)17/h3-9H,2H2,1H3. The number of nitrogens with zero attached hydrogens (tertiary/aromatic N) is 5. The predicted molar refractivity (Wildman–Crippen MR) is 94.8 cm³/mol. The van der Waals surface area contributed by atoms with Crippen LogP contribution in [0.3, 0.4) is 0 Å². The number of esters is 1. The van der Waals surface area contributed by atoms with E-state index in [0.717, 1.165) is 10.7 Å². The van der Waals surface area contributed by atoms with Gasteiger partial charge in [0.2, 0.25) is 0 Å². The minimum Gasteiger partial charge on any atom is -0.462 e. The molecule has 1 aromatic carbocycles. The Morgan fingerprint density at radius 2 is 1.90 bits per heavy atom. The van der Waals surface area contributed by atoms with Gasteiger partial charge in [0.25, 0.3) is 17.2 Å². The Morgan fingerprint density at radius 3 is 2.55 bits per heavy atom. The molecule has 0 aliphatic rings. The lowest BCUT2D eigenvalue weighted by atomic mass is 10.2. The van der Waals surface area contributed by atoms with Crippen LogP contribution in [0.5, 0.6) is 0 Å². The number of carbonyl (C=O) groups excluding carboxylic acids is 1. The summed E-state index contributed by atoms with van der Waals surface area (Å²) >= 11 is 0. The number of alkyl halides is 3. The first kappa shape index (κ1) is 18.6. The molecule has 8 nitrogen and oxygen atoms in total. The van der Waals surface area contributed by atoms with Crippen LogP contribution in [0, 0.1) is 0 Å². The normalized spacial score (nSPS) is 11.9. The van der Waals surface area contributed by atoms with Crippen LogP contribution in [0.15, 0.2) is 47.5 Å². The fourth-order valence-electron chi connectivity index (χ4n) is 2.82. The van der Waals surface area contributed by atoms with Gasteiger partial charge in [-0.1, -0.05) is 0 Å². The van der Waals surface area contributed by atoms with Crippen LogP contribution in [-0.2, 0) is 10.9 Å². The highest BCUT2D eigenvalue weighted by molar-refractivity contribution is 5.89. The van der Waals surface area contributed by atoms with Crippen molar-refractivity contribution in [3.63, 3.8) is 0 Å². The summed E-state index contributed by atoms with van der Waals surface area (Å²) in [6.45, 7) is 1.93. The van der Waals surface area contributed by atoms with E-state index in [2.05, 4.69) is 15.1 Å². The Hall–Kier alpha value is -3.76. The molecule has 0 spiro atoms. The van der Waals surface area contributed by atoms with Gasteiger partial charge in [-0.05, 0) is 37.3 Å². The van der Waals surface area contributed by atoms with Gasteiger partial charge < -0.3 is 4.74 Å². The fourth-order valence-corrected chi connectivity index (χ4v) is 2.82. The molecular weight excluding hydrogens is 391 g/mol. The maximum atomic E-state index is 12.9. The van der Waals surface area contributed by atoms with Crippen molar-refractivity contribution in [2.75, 3.05) is 6.61 Å². The summed E-state index contributed by atoms with van der Waals surface area (Å²) < 4.78 is 45.7. The van der Waals surface area contributed by atoms with Crippen molar-refractivity contribution in [3.05, 3.63) is 64.5 Å². The molecule has 0 fully saturated rings. The number of halogens is 3. The molecule has 0 N–H and O–H groups in total. The zero-order valence-corrected chi connectivity index (χ0v) is 14.8. The van der Waals surface area contributed by atoms with E-state index >= 15 is 0 Å². The van der Waals surface area contributed by atoms with Gasteiger partial charge in [0.15, 0.2) is 0 Å². The summed E-state index contributed by atoms with van der Waals surface area (Å²) in [6, 6.07) is 7.59. The van der Waals surface area contributed by atoms with Crippen molar-refractivity contribution in [1.82, 2.24) is 24.1 Å². The number of hydrogen-bond acceptors (Lipinski definition) is 6. The van der Waals surface area contributed by atoms with Crippen LogP contribution in [0.2, 0.25) is 0 Å². The zero-order valence-electron chi connectivity index (χ0n) is 14.8. The van der Waals surface area contributed by atoms with Crippen molar-refractivity contribution in [1.29, 1.82) is 0 Å². The topological polar surface area (TPSA) is 91.4 Å². The van der Waals surface area contributed by atoms with Gasteiger partial charge in [-0.25, -0.2) is 9.78 Å². The van der Waals surface area contributed by atoms with E-state index in [9.17, 15) is 22.8 Å². The van der Waals surface area contributed by atoms with E-state index in [1.165, 1.54) is 29.0 Å². The SMILES string of the molecule is CCOC(=O)c1ccc(-n2ccc3c(cnc4nc(C(F)(F)F)nn43)c2=O)cc1. The Kier molecular flexibility index (Phi) is 4.29. The van der Waals surface area contributed by atoms with Gasteiger partial charge in [-0.2, -0.15) is 22.7 Å². The highest BCUT2D eigenvalue weighted by Crippen LogP contribution is 2.26. The molecule has 29 heavy (non-hydrogen) atoms. The summed E-state index contributed by atoms with van der Waals surface area (Å²) in [5.74, 6) is -2.08. The van der Waals surface area contributed by atoms with Crippen LogP contribution in [0.1, 0.15) is 23.1 Å². The number of ether oxygens (including phenoxy) is 1. The van der Waals surface area contributed by atoms with Crippen LogP contribution in [-0.4, -0.2) is 36.7 Å². The van der Waals surface area contributed by atoms with Crippen LogP contribution in [0.4, 0.5) is 13.2 Å². The van der Waals surface area contributed by atoms with Crippen molar-refractivity contribution in [2.24, 2.45) is 0 Å². The van der Waals surface area contributed by atoms with Crippen LogP contribution in [0.25, 0.3) is 22.4 Å². The smallest absolute Gasteiger partial charge is 0.453 e. The highest BCUT2D eigenvalue weighted by Gasteiger charge is 2.36. The van der Waals surface area contributed by atoms with Crippen LogP contribution >= 0.6 is 0 Å². The summed E-state index contributed by atoms with van der Waals surface area (Å²) in [4.78, 5) is 31.7. The average molecular weight is 403 g/mol. The molecule has 148 valence electrons. The number of pyridine rings is 1. The van der Waals surface area contributed by atoms with Gasteiger partial charge in [0.1, 0.15) is 0 Å². The van der Waals surface area contributed by atoms with E-state index in [0.29, 0.717) is 11.3 Å². The first-order valence-electron chi connectivity index (χ1n) is 8.41. The van der Waals surface area contributed by atoms with Crippen molar-refractivity contribution >= 4 is 22.6 Å². The third-order valence-corrected chi connectivity index (χ3v) is 4.14. The number of aromatic nitrogens is 5. The van der Waals surface area contributed by atoms with Gasteiger partial charge in [0.05, 0.1) is 23.1 Å². The Morgan fingerprint density at radius 1 is 1.17 bits per heavy atom. The van der Waals surface area contributed by atoms with Gasteiger partial charge >= 0.3 is 12.1 Å². The minimum atomic E-state index is -4.73. The molecule has 0 atom stereocenters. The van der Waals surface area contributed by atoms with Crippen molar-refractivity contribution < 1.29 is 22.7 Å². The molecule has 0 aliphatic heterocycles. The number of carbonyl (C=O) groups is 1. The molecule has 0 bridgehead atoms. The molecule has 3 aromatic heterocycles. The maximum Gasteiger partial charge on any atom is 0.453 e. The Bertz CT molecular complexity index is 1290. The molecule has 0 saturated heterocycles. The molecule has 0 saturated carbocycles. The third-order valence-electron chi connectivity index (χ3n) is 4.14.